The number of nitrogens with zero attached hydrogens (tertiary/aromatic N) is 3. The number of hydrogen-bond acceptors (Lipinski definition) is 4. The van der Waals surface area contributed by atoms with Crippen molar-refractivity contribution in [3.63, 3.8) is 0 Å². The van der Waals surface area contributed by atoms with Crippen molar-refractivity contribution in [2.24, 2.45) is 0 Å². The Morgan fingerprint density at radius 2 is 1.96 bits per heavy atom. The zero-order chi connectivity index (χ0) is 15.5. The third-order valence-electron chi connectivity index (χ3n) is 4.38. The van der Waals surface area contributed by atoms with E-state index in [9.17, 15) is 0 Å². The minimum Gasteiger partial charge on any atom is -0.359 e. The van der Waals surface area contributed by atoms with Crippen LogP contribution in [0.1, 0.15) is 30.3 Å². The fraction of sp³-hybridized carbons (Fsp3) is 0.263. The van der Waals surface area contributed by atoms with Gasteiger partial charge in [-0.3, -0.25) is 9.88 Å². The van der Waals surface area contributed by atoms with E-state index < -0.39 is 0 Å². The number of aromatic nitrogens is 2. The Morgan fingerprint density at radius 3 is 2.78 bits per heavy atom. The van der Waals surface area contributed by atoms with E-state index in [1.807, 2.05) is 48.7 Å². The summed E-state index contributed by atoms with van der Waals surface area (Å²) >= 11 is 0. The highest BCUT2D eigenvalue weighted by atomic mass is 16.5. The molecule has 0 saturated carbocycles. The van der Waals surface area contributed by atoms with Crippen molar-refractivity contribution in [2.75, 3.05) is 6.54 Å². The monoisotopic (exact) mass is 305 g/mol. The van der Waals surface area contributed by atoms with Gasteiger partial charge in [-0.15, -0.1) is 0 Å². The molecule has 1 atom stereocenters. The van der Waals surface area contributed by atoms with E-state index in [-0.39, 0.29) is 0 Å². The van der Waals surface area contributed by atoms with E-state index in [1.54, 1.807) is 0 Å². The molecule has 0 amide bonds. The Hall–Kier alpha value is -2.46. The number of rotatable bonds is 4. The Labute approximate surface area is 135 Å². The molecule has 3 aromatic rings. The van der Waals surface area contributed by atoms with Gasteiger partial charge >= 0.3 is 0 Å². The maximum absolute atomic E-state index is 5.55. The normalized spacial score (nSPS) is 18.3. The van der Waals surface area contributed by atoms with Gasteiger partial charge in [0.25, 0.3) is 0 Å². The van der Waals surface area contributed by atoms with E-state index in [1.165, 1.54) is 6.42 Å². The molecule has 1 aliphatic rings. The third-order valence-corrected chi connectivity index (χ3v) is 4.38. The lowest BCUT2D eigenvalue weighted by atomic mass is 10.1. The summed E-state index contributed by atoms with van der Waals surface area (Å²) in [5, 5.41) is 4.21. The molecule has 23 heavy (non-hydrogen) atoms. The summed E-state index contributed by atoms with van der Waals surface area (Å²) in [4.78, 5) is 6.95. The molecule has 3 heterocycles. The molecule has 0 spiro atoms. The van der Waals surface area contributed by atoms with Crippen molar-refractivity contribution in [2.45, 2.75) is 25.4 Å². The van der Waals surface area contributed by atoms with Gasteiger partial charge in [0.1, 0.15) is 5.69 Å². The Morgan fingerprint density at radius 1 is 1.09 bits per heavy atom. The van der Waals surface area contributed by atoms with Gasteiger partial charge in [-0.2, -0.15) is 0 Å². The number of benzene rings is 1. The minimum atomic E-state index is 0.376. The van der Waals surface area contributed by atoms with Gasteiger partial charge < -0.3 is 4.52 Å². The average Bonchev–Trinajstić information content (AvgIpc) is 3.26. The van der Waals surface area contributed by atoms with E-state index >= 15 is 0 Å². The van der Waals surface area contributed by atoms with E-state index in [4.69, 9.17) is 4.52 Å². The molecule has 1 saturated heterocycles. The third kappa shape index (κ3) is 3.03. The number of hydrogen-bond donors (Lipinski definition) is 0. The van der Waals surface area contributed by atoms with Crippen LogP contribution in [0, 0.1) is 0 Å². The minimum absolute atomic E-state index is 0.376. The summed E-state index contributed by atoms with van der Waals surface area (Å²) in [5.41, 5.74) is 3.13. The van der Waals surface area contributed by atoms with Gasteiger partial charge in [-0.25, -0.2) is 0 Å². The van der Waals surface area contributed by atoms with Crippen molar-refractivity contribution in [1.29, 1.82) is 0 Å². The molecule has 1 fully saturated rings. The summed E-state index contributed by atoms with van der Waals surface area (Å²) in [6.07, 6.45) is 4.21. The largest absolute Gasteiger partial charge is 0.359 e. The molecule has 4 heteroatoms. The molecule has 0 unspecified atom stereocenters. The zero-order valence-electron chi connectivity index (χ0n) is 12.9. The second kappa shape index (κ2) is 6.34. The Balaban J connectivity index is 1.51. The molecule has 116 valence electrons. The van der Waals surface area contributed by atoms with Crippen LogP contribution in [0.3, 0.4) is 0 Å². The SMILES string of the molecule is c1ccc(-c2cc(CN3CCC[C@H]3c3ccccn3)on2)cc1. The fourth-order valence-electron chi connectivity index (χ4n) is 3.26. The lowest BCUT2D eigenvalue weighted by Crippen LogP contribution is -2.23. The first kappa shape index (κ1) is 14.2. The van der Waals surface area contributed by atoms with Gasteiger partial charge in [0.2, 0.25) is 0 Å². The molecule has 0 N–H and O–H groups in total. The summed E-state index contributed by atoms with van der Waals surface area (Å²) in [7, 11) is 0. The highest BCUT2D eigenvalue weighted by molar-refractivity contribution is 5.58. The predicted molar refractivity (Wildman–Crippen MR) is 88.6 cm³/mol. The van der Waals surface area contributed by atoms with Crippen molar-refractivity contribution < 1.29 is 4.52 Å². The van der Waals surface area contributed by atoms with Gasteiger partial charge in [0, 0.05) is 17.8 Å². The first-order chi connectivity index (χ1) is 11.4. The Kier molecular flexibility index (Phi) is 3.90. The summed E-state index contributed by atoms with van der Waals surface area (Å²) in [6, 6.07) is 18.7. The van der Waals surface area contributed by atoms with Crippen molar-refractivity contribution in [1.82, 2.24) is 15.0 Å². The summed E-state index contributed by atoms with van der Waals surface area (Å²) in [6.45, 7) is 1.85. The molecule has 4 rings (SSSR count). The molecule has 1 aromatic carbocycles. The van der Waals surface area contributed by atoms with Crippen LogP contribution >= 0.6 is 0 Å². The van der Waals surface area contributed by atoms with Gasteiger partial charge in [-0.05, 0) is 31.5 Å². The maximum atomic E-state index is 5.55. The van der Waals surface area contributed by atoms with E-state index in [2.05, 4.69) is 27.2 Å². The molecule has 0 aliphatic carbocycles. The van der Waals surface area contributed by atoms with Gasteiger partial charge in [-0.1, -0.05) is 41.6 Å². The topological polar surface area (TPSA) is 42.2 Å². The predicted octanol–water partition coefficient (Wildman–Crippen LogP) is 4.07. The zero-order valence-corrected chi connectivity index (χ0v) is 12.9. The second-order valence-electron chi connectivity index (χ2n) is 5.93. The average molecular weight is 305 g/mol. The second-order valence-corrected chi connectivity index (χ2v) is 5.93. The lowest BCUT2D eigenvalue weighted by Gasteiger charge is -2.22. The van der Waals surface area contributed by atoms with Crippen molar-refractivity contribution >= 4 is 0 Å². The molecule has 0 bridgehead atoms. The smallest absolute Gasteiger partial charge is 0.151 e. The van der Waals surface area contributed by atoms with Crippen LogP contribution in [0.25, 0.3) is 11.3 Å². The number of pyridine rings is 1. The highest BCUT2D eigenvalue weighted by Crippen LogP contribution is 2.32. The van der Waals surface area contributed by atoms with E-state index in [0.29, 0.717) is 6.04 Å². The van der Waals surface area contributed by atoms with Gasteiger partial charge in [0.05, 0.1) is 18.3 Å². The van der Waals surface area contributed by atoms with Crippen LogP contribution in [0.4, 0.5) is 0 Å². The Bertz CT molecular complexity index is 755. The van der Waals surface area contributed by atoms with E-state index in [0.717, 1.165) is 42.2 Å². The number of likely N-dealkylation sites (tertiary alicyclic amines) is 1. The van der Waals surface area contributed by atoms with Crippen LogP contribution in [-0.2, 0) is 6.54 Å². The standard InChI is InChI=1S/C19H19N3O/c1-2-7-15(8-3-1)18-13-16(23-21-18)14-22-12-6-10-19(22)17-9-4-5-11-20-17/h1-5,7-9,11,13,19H,6,10,12,14H2/t19-/m0/s1. The first-order valence-electron chi connectivity index (χ1n) is 8.06. The van der Waals surface area contributed by atoms with Crippen LogP contribution in [-0.4, -0.2) is 21.6 Å². The van der Waals surface area contributed by atoms with Crippen LogP contribution in [0.5, 0.6) is 0 Å². The maximum Gasteiger partial charge on any atom is 0.151 e. The quantitative estimate of drug-likeness (QED) is 0.728. The summed E-state index contributed by atoms with van der Waals surface area (Å²) < 4.78 is 5.55. The van der Waals surface area contributed by atoms with Crippen LogP contribution < -0.4 is 0 Å². The molecular weight excluding hydrogens is 286 g/mol. The first-order valence-corrected chi connectivity index (χ1v) is 8.06. The molecule has 1 aliphatic heterocycles. The lowest BCUT2D eigenvalue weighted by molar-refractivity contribution is 0.214. The summed E-state index contributed by atoms with van der Waals surface area (Å²) in [5.74, 6) is 0.909. The van der Waals surface area contributed by atoms with Crippen LogP contribution in [0.15, 0.2) is 65.3 Å². The van der Waals surface area contributed by atoms with Crippen LogP contribution in [0.2, 0.25) is 0 Å². The van der Waals surface area contributed by atoms with Gasteiger partial charge in [0.15, 0.2) is 5.76 Å². The fourth-order valence-corrected chi connectivity index (χ4v) is 3.26. The molecule has 2 aromatic heterocycles. The molecule has 0 radical (unpaired) electrons. The molecular formula is C19H19N3O. The van der Waals surface area contributed by atoms with Crippen molar-refractivity contribution in [3.05, 3.63) is 72.2 Å². The molecule has 4 nitrogen and oxygen atoms in total. The highest BCUT2D eigenvalue weighted by Gasteiger charge is 2.27. The van der Waals surface area contributed by atoms with Crippen molar-refractivity contribution in [3.8, 4) is 11.3 Å².